The Balaban J connectivity index is 0.000000203. The predicted octanol–water partition coefficient (Wildman–Crippen LogP) is -3.37. The molecule has 0 saturated heterocycles. The van der Waals surface area contributed by atoms with Gasteiger partial charge < -0.3 is 25.4 Å². The van der Waals surface area contributed by atoms with Gasteiger partial charge in [-0.05, 0) is 0 Å². The van der Waals surface area contributed by atoms with E-state index in [0.29, 0.717) is 0 Å². The highest BCUT2D eigenvalue weighted by Gasteiger charge is 2.12. The van der Waals surface area contributed by atoms with Crippen LogP contribution >= 0.6 is 0 Å². The van der Waals surface area contributed by atoms with Crippen molar-refractivity contribution in [2.75, 3.05) is 13.2 Å². The molecule has 0 aliphatic heterocycles. The molecule has 0 aromatic carbocycles. The lowest BCUT2D eigenvalue weighted by atomic mass is 10.2. The number of hydrogen-bond donors (Lipinski definition) is 7. The summed E-state index contributed by atoms with van der Waals surface area (Å²) in [6.07, 6.45) is -1.10. The smallest absolute Gasteiger partial charge is 0.327 e. The maximum Gasteiger partial charge on any atom is 0.327 e. The minimum absolute atomic E-state index is 0.277. The number of aromatic amines is 3. The number of aliphatic hydroxyl groups excluding tert-OH is 4. The first-order valence-corrected chi connectivity index (χ1v) is 5.23. The number of fused-ring (bicyclic) bond motifs is 1. The molecule has 2 heterocycles. The number of nitrogens with zero attached hydrogens (tertiary/aromatic N) is 1. The van der Waals surface area contributed by atoms with Gasteiger partial charge in [-0.1, -0.05) is 0 Å². The molecular formula is C9H14N4O6. The minimum Gasteiger partial charge on any atom is -0.394 e. The molecule has 2 rings (SSSR count). The number of hydrogen-bond acceptors (Lipinski definition) is 7. The highest BCUT2D eigenvalue weighted by Crippen LogP contribution is 1.92. The fraction of sp³-hybridized carbons (Fsp3) is 0.444. The number of H-pyrrole nitrogens is 3. The zero-order valence-corrected chi connectivity index (χ0v) is 9.70. The third-order valence-corrected chi connectivity index (χ3v) is 2.14. The third kappa shape index (κ3) is 3.99. The summed E-state index contributed by atoms with van der Waals surface area (Å²) in [5.41, 5.74) is -0.445. The van der Waals surface area contributed by atoms with Crippen LogP contribution in [-0.4, -0.2) is 65.8 Å². The molecule has 10 heteroatoms. The topological polar surface area (TPSA) is 175 Å². The van der Waals surface area contributed by atoms with Gasteiger partial charge in [-0.3, -0.25) is 14.8 Å². The van der Waals surface area contributed by atoms with Crippen molar-refractivity contribution in [3.8, 4) is 0 Å². The molecule has 2 aromatic rings. The van der Waals surface area contributed by atoms with E-state index < -0.39 is 36.7 Å². The second kappa shape index (κ2) is 6.80. The lowest BCUT2D eigenvalue weighted by molar-refractivity contribution is -0.0388. The van der Waals surface area contributed by atoms with Crippen molar-refractivity contribution in [2.45, 2.75) is 12.2 Å². The summed E-state index contributed by atoms with van der Waals surface area (Å²) in [7, 11) is 0. The summed E-state index contributed by atoms with van der Waals surface area (Å²) in [6, 6.07) is 0. The molecular weight excluding hydrogens is 260 g/mol. The van der Waals surface area contributed by atoms with Crippen molar-refractivity contribution in [1.29, 1.82) is 0 Å². The third-order valence-electron chi connectivity index (χ3n) is 2.14. The number of aromatic nitrogens is 4. The van der Waals surface area contributed by atoms with E-state index in [0.717, 1.165) is 0 Å². The van der Waals surface area contributed by atoms with E-state index in [9.17, 15) is 9.59 Å². The van der Waals surface area contributed by atoms with Crippen molar-refractivity contribution in [3.63, 3.8) is 0 Å². The molecule has 0 fully saturated rings. The normalized spacial score (nSPS) is 13.7. The SMILES string of the molecule is O=c1[nH]c(=O)c2[nH]cnc2[nH]1.OC[C@@H](O)[C@@H](O)CO. The maximum atomic E-state index is 10.9. The van der Waals surface area contributed by atoms with Crippen molar-refractivity contribution >= 4 is 11.2 Å². The Bertz CT molecular complexity index is 609. The molecule has 0 amide bonds. The summed E-state index contributed by atoms with van der Waals surface area (Å²) < 4.78 is 0. The van der Waals surface area contributed by atoms with E-state index in [1.807, 2.05) is 0 Å². The molecule has 0 aliphatic rings. The van der Waals surface area contributed by atoms with Gasteiger partial charge in [0.15, 0.2) is 5.65 Å². The Morgan fingerprint density at radius 3 is 2.21 bits per heavy atom. The Morgan fingerprint density at radius 1 is 1.11 bits per heavy atom. The van der Waals surface area contributed by atoms with Gasteiger partial charge in [0.2, 0.25) is 0 Å². The van der Waals surface area contributed by atoms with Crippen molar-refractivity contribution in [2.24, 2.45) is 0 Å². The second-order valence-corrected chi connectivity index (χ2v) is 3.53. The van der Waals surface area contributed by atoms with Crippen LogP contribution in [0.4, 0.5) is 0 Å². The largest absolute Gasteiger partial charge is 0.394 e. The fourth-order valence-corrected chi connectivity index (χ4v) is 1.11. The molecule has 7 N–H and O–H groups in total. The molecule has 0 radical (unpaired) electrons. The standard InChI is InChI=1S/C5H4N4O2.C4H10O4/c10-4-2-3(7-1-6-2)8-5(11)9-4;5-1-3(7)4(8)2-6/h1H,(H3,6,7,8,9,10,11);3-8H,1-2H2/t;3-,4+. The highest BCUT2D eigenvalue weighted by atomic mass is 16.4. The number of rotatable bonds is 3. The first-order valence-electron chi connectivity index (χ1n) is 5.23. The van der Waals surface area contributed by atoms with E-state index >= 15 is 0 Å². The Hall–Kier alpha value is -2.01. The number of nitrogens with one attached hydrogen (secondary N) is 3. The fourth-order valence-electron chi connectivity index (χ4n) is 1.11. The Labute approximate surface area is 105 Å². The van der Waals surface area contributed by atoms with E-state index in [4.69, 9.17) is 20.4 Å². The number of aliphatic hydroxyl groups is 4. The van der Waals surface area contributed by atoms with E-state index in [-0.39, 0.29) is 11.2 Å². The van der Waals surface area contributed by atoms with Crippen LogP contribution in [0.5, 0.6) is 0 Å². The van der Waals surface area contributed by atoms with Crippen LogP contribution in [0.2, 0.25) is 0 Å². The zero-order valence-electron chi connectivity index (χ0n) is 9.70. The molecule has 19 heavy (non-hydrogen) atoms. The van der Waals surface area contributed by atoms with Gasteiger partial charge in [0.25, 0.3) is 5.56 Å². The van der Waals surface area contributed by atoms with Crippen LogP contribution in [0.1, 0.15) is 0 Å². The zero-order chi connectivity index (χ0) is 14.4. The lowest BCUT2D eigenvalue weighted by Crippen LogP contribution is -2.31. The molecule has 0 aliphatic carbocycles. The summed E-state index contributed by atoms with van der Waals surface area (Å²) in [4.78, 5) is 32.3. The average Bonchev–Trinajstić information content (AvgIpc) is 2.86. The van der Waals surface area contributed by atoms with Crippen molar-refractivity contribution in [3.05, 3.63) is 27.2 Å². The lowest BCUT2D eigenvalue weighted by Gasteiger charge is -2.10. The maximum absolute atomic E-state index is 10.9. The van der Waals surface area contributed by atoms with Gasteiger partial charge in [0.05, 0.1) is 19.5 Å². The highest BCUT2D eigenvalue weighted by molar-refractivity contribution is 5.67. The van der Waals surface area contributed by atoms with Gasteiger partial charge in [0.1, 0.15) is 17.7 Å². The summed E-state index contributed by atoms with van der Waals surface area (Å²) >= 11 is 0. The average molecular weight is 274 g/mol. The van der Waals surface area contributed by atoms with Gasteiger partial charge in [-0.2, -0.15) is 0 Å². The molecule has 2 atom stereocenters. The van der Waals surface area contributed by atoms with Crippen LogP contribution in [0.15, 0.2) is 15.9 Å². The molecule has 0 unspecified atom stereocenters. The summed E-state index contributed by atoms with van der Waals surface area (Å²) in [5.74, 6) is 0. The number of imidazole rings is 1. The van der Waals surface area contributed by atoms with Crippen LogP contribution in [0.25, 0.3) is 11.2 Å². The Morgan fingerprint density at radius 2 is 1.68 bits per heavy atom. The van der Waals surface area contributed by atoms with Crippen LogP contribution < -0.4 is 11.2 Å². The molecule has 10 nitrogen and oxygen atoms in total. The Kier molecular flexibility index (Phi) is 5.38. The minimum atomic E-state index is -1.22. The van der Waals surface area contributed by atoms with Gasteiger partial charge in [0, 0.05) is 0 Å². The summed E-state index contributed by atoms with van der Waals surface area (Å²) in [5, 5.41) is 33.2. The molecule has 0 bridgehead atoms. The van der Waals surface area contributed by atoms with Gasteiger partial charge in [-0.15, -0.1) is 0 Å². The van der Waals surface area contributed by atoms with Gasteiger partial charge in [-0.25, -0.2) is 9.78 Å². The van der Waals surface area contributed by atoms with Crippen molar-refractivity contribution in [1.82, 2.24) is 19.9 Å². The predicted molar refractivity (Wildman–Crippen MR) is 63.5 cm³/mol. The molecule has 2 aromatic heterocycles. The van der Waals surface area contributed by atoms with Crippen LogP contribution in [0.3, 0.4) is 0 Å². The van der Waals surface area contributed by atoms with Crippen LogP contribution in [0, 0.1) is 0 Å². The van der Waals surface area contributed by atoms with E-state index in [2.05, 4.69) is 19.9 Å². The van der Waals surface area contributed by atoms with Crippen molar-refractivity contribution < 1.29 is 20.4 Å². The second-order valence-electron chi connectivity index (χ2n) is 3.53. The van der Waals surface area contributed by atoms with E-state index in [1.165, 1.54) is 6.33 Å². The first kappa shape index (κ1) is 15.0. The molecule has 106 valence electrons. The first-order chi connectivity index (χ1) is 8.99. The monoisotopic (exact) mass is 274 g/mol. The molecule has 0 saturated carbocycles. The molecule has 0 spiro atoms. The quantitative estimate of drug-likeness (QED) is 0.305. The van der Waals surface area contributed by atoms with Gasteiger partial charge >= 0.3 is 5.69 Å². The van der Waals surface area contributed by atoms with E-state index in [1.54, 1.807) is 0 Å². The summed E-state index contributed by atoms with van der Waals surface area (Å²) in [6.45, 7) is -1.05. The van der Waals surface area contributed by atoms with Crippen LogP contribution in [-0.2, 0) is 0 Å².